The van der Waals surface area contributed by atoms with E-state index in [1.54, 1.807) is 36.4 Å². The number of ether oxygens (including phenoxy) is 2. The van der Waals surface area contributed by atoms with Gasteiger partial charge in [0.25, 0.3) is 5.91 Å². The molecule has 178 valence electrons. The van der Waals surface area contributed by atoms with E-state index in [0.29, 0.717) is 29.4 Å². The van der Waals surface area contributed by atoms with Crippen molar-refractivity contribution in [3.63, 3.8) is 0 Å². The predicted molar refractivity (Wildman–Crippen MR) is 133 cm³/mol. The lowest BCUT2D eigenvalue weighted by molar-refractivity contribution is -0.112. The average Bonchev–Trinajstić information content (AvgIpc) is 2.85. The van der Waals surface area contributed by atoms with Crippen LogP contribution in [0.2, 0.25) is 0 Å². The molecule has 0 fully saturated rings. The van der Waals surface area contributed by atoms with Gasteiger partial charge < -0.3 is 19.9 Å². The molecule has 0 saturated carbocycles. The molecule has 0 aliphatic heterocycles. The number of nitriles is 1. The number of hydrogen-bond acceptors (Lipinski definition) is 5. The quantitative estimate of drug-likeness (QED) is 0.315. The van der Waals surface area contributed by atoms with Crippen LogP contribution in [0.1, 0.15) is 39.5 Å². The van der Waals surface area contributed by atoms with Gasteiger partial charge in [-0.25, -0.2) is 4.79 Å². The fourth-order valence-corrected chi connectivity index (χ4v) is 3.30. The third kappa shape index (κ3) is 6.49. The van der Waals surface area contributed by atoms with E-state index < -0.39 is 11.9 Å². The van der Waals surface area contributed by atoms with Gasteiger partial charge in [-0.15, -0.1) is 0 Å². The summed E-state index contributed by atoms with van der Waals surface area (Å²) in [6.45, 7) is 6.32. The summed E-state index contributed by atoms with van der Waals surface area (Å²) in [6, 6.07) is 19.1. The lowest BCUT2D eigenvalue weighted by atomic mass is 10.1. The summed E-state index contributed by atoms with van der Waals surface area (Å²) >= 11 is 0. The number of rotatable bonds is 9. The second kappa shape index (κ2) is 11.5. The molecular formula is C28H26N2O5. The van der Waals surface area contributed by atoms with Crippen LogP contribution in [0, 0.1) is 25.2 Å². The Labute approximate surface area is 204 Å². The van der Waals surface area contributed by atoms with E-state index >= 15 is 0 Å². The minimum absolute atomic E-state index is 0.0412. The first kappa shape index (κ1) is 25.1. The molecule has 1 amide bonds. The lowest BCUT2D eigenvalue weighted by Crippen LogP contribution is -2.14. The second-order valence-electron chi connectivity index (χ2n) is 7.80. The highest BCUT2D eigenvalue weighted by atomic mass is 16.5. The van der Waals surface area contributed by atoms with Crippen LogP contribution >= 0.6 is 0 Å². The van der Waals surface area contributed by atoms with Gasteiger partial charge >= 0.3 is 5.97 Å². The van der Waals surface area contributed by atoms with E-state index in [1.807, 2.05) is 39.0 Å². The number of nitrogens with one attached hydrogen (secondary N) is 1. The van der Waals surface area contributed by atoms with Crippen LogP contribution < -0.4 is 14.8 Å². The number of carboxylic acids is 1. The first-order chi connectivity index (χ1) is 16.8. The summed E-state index contributed by atoms with van der Waals surface area (Å²) in [5, 5.41) is 21.4. The van der Waals surface area contributed by atoms with E-state index in [9.17, 15) is 14.9 Å². The minimum atomic E-state index is -0.987. The van der Waals surface area contributed by atoms with Gasteiger partial charge in [0.05, 0.1) is 12.2 Å². The van der Waals surface area contributed by atoms with Crippen LogP contribution in [0.4, 0.5) is 5.69 Å². The highest BCUT2D eigenvalue weighted by molar-refractivity contribution is 6.10. The molecule has 3 aromatic rings. The van der Waals surface area contributed by atoms with Gasteiger partial charge in [0, 0.05) is 5.69 Å². The van der Waals surface area contributed by atoms with Gasteiger partial charge in [-0.1, -0.05) is 30.3 Å². The molecule has 0 unspecified atom stereocenters. The summed E-state index contributed by atoms with van der Waals surface area (Å²) in [6.07, 6.45) is 1.50. The number of amides is 1. The molecule has 0 bridgehead atoms. The van der Waals surface area contributed by atoms with Crippen LogP contribution in [-0.2, 0) is 11.4 Å². The predicted octanol–water partition coefficient (Wildman–Crippen LogP) is 5.53. The Bertz CT molecular complexity index is 1300. The molecule has 0 atom stereocenters. The molecule has 2 N–H and O–H groups in total. The Morgan fingerprint density at radius 3 is 2.43 bits per heavy atom. The zero-order chi connectivity index (χ0) is 25.4. The van der Waals surface area contributed by atoms with Gasteiger partial charge in [-0.05, 0) is 79.4 Å². The first-order valence-electron chi connectivity index (χ1n) is 11.0. The molecule has 3 aromatic carbocycles. The third-order valence-electron chi connectivity index (χ3n) is 5.39. The maximum Gasteiger partial charge on any atom is 0.335 e. The van der Waals surface area contributed by atoms with Gasteiger partial charge in [-0.3, -0.25) is 4.79 Å². The number of anilines is 1. The monoisotopic (exact) mass is 470 g/mol. The summed E-state index contributed by atoms with van der Waals surface area (Å²) in [7, 11) is 0. The highest BCUT2D eigenvalue weighted by Crippen LogP contribution is 2.30. The van der Waals surface area contributed by atoms with Gasteiger partial charge in [0.2, 0.25) is 0 Å². The van der Waals surface area contributed by atoms with Gasteiger partial charge in [0.1, 0.15) is 18.2 Å². The number of hydrogen-bond donors (Lipinski definition) is 2. The number of aryl methyl sites for hydroxylation is 1. The average molecular weight is 471 g/mol. The van der Waals surface area contributed by atoms with Crippen molar-refractivity contribution in [3.05, 3.63) is 94.1 Å². The summed E-state index contributed by atoms with van der Waals surface area (Å²) in [5.41, 5.74) is 4.22. The van der Waals surface area contributed by atoms with Gasteiger partial charge in [0.15, 0.2) is 11.5 Å². The van der Waals surface area contributed by atoms with Crippen molar-refractivity contribution in [1.29, 1.82) is 5.26 Å². The molecule has 0 aliphatic rings. The number of carboxylic acid groups (broad SMARTS) is 1. The van der Waals surface area contributed by atoms with Crippen molar-refractivity contribution in [2.45, 2.75) is 27.4 Å². The Balaban J connectivity index is 1.78. The van der Waals surface area contributed by atoms with Crippen LogP contribution in [0.25, 0.3) is 6.08 Å². The Hall–Kier alpha value is -4.57. The zero-order valence-electron chi connectivity index (χ0n) is 19.8. The SMILES string of the molecule is CCOc1cc(/C=C(\C#N)C(=O)Nc2cccc(C)c2C)ccc1OCc1ccc(C(=O)O)cc1. The van der Waals surface area contributed by atoms with E-state index in [1.165, 1.54) is 18.2 Å². The number of carbonyl (C=O) groups is 2. The normalized spacial score (nSPS) is 10.9. The van der Waals surface area contributed by atoms with E-state index in [2.05, 4.69) is 5.32 Å². The second-order valence-corrected chi connectivity index (χ2v) is 7.80. The maximum atomic E-state index is 12.7. The fourth-order valence-electron chi connectivity index (χ4n) is 3.30. The Morgan fingerprint density at radius 1 is 1.03 bits per heavy atom. The largest absolute Gasteiger partial charge is 0.490 e. The van der Waals surface area contributed by atoms with Gasteiger partial charge in [-0.2, -0.15) is 5.26 Å². The Kier molecular flexibility index (Phi) is 8.25. The van der Waals surface area contributed by atoms with Crippen LogP contribution in [0.5, 0.6) is 11.5 Å². The van der Waals surface area contributed by atoms with Crippen molar-refractivity contribution in [3.8, 4) is 17.6 Å². The summed E-state index contributed by atoms with van der Waals surface area (Å²) < 4.78 is 11.6. The number of nitrogens with zero attached hydrogens (tertiary/aromatic N) is 1. The van der Waals surface area contributed by atoms with Crippen molar-refractivity contribution in [2.24, 2.45) is 0 Å². The number of carbonyl (C=O) groups excluding carboxylic acids is 1. The summed E-state index contributed by atoms with van der Waals surface area (Å²) in [4.78, 5) is 23.7. The standard InChI is InChI=1S/C28H26N2O5/c1-4-34-26-15-21(10-13-25(26)35-17-20-8-11-22(12-9-20)28(32)33)14-23(16-29)27(31)30-24-7-5-6-18(2)19(24)3/h5-15H,4,17H2,1-3H3,(H,30,31)(H,32,33)/b23-14+. The Morgan fingerprint density at radius 2 is 1.77 bits per heavy atom. The topological polar surface area (TPSA) is 109 Å². The number of benzene rings is 3. The van der Waals surface area contributed by atoms with E-state index in [-0.39, 0.29) is 17.7 Å². The van der Waals surface area contributed by atoms with Crippen LogP contribution in [0.15, 0.2) is 66.2 Å². The molecule has 7 heteroatoms. The van der Waals surface area contributed by atoms with Crippen LogP contribution in [0.3, 0.4) is 0 Å². The fraction of sp³-hybridized carbons (Fsp3) is 0.179. The molecule has 0 spiro atoms. The van der Waals surface area contributed by atoms with Crippen LogP contribution in [-0.4, -0.2) is 23.6 Å². The molecule has 3 rings (SSSR count). The maximum absolute atomic E-state index is 12.7. The first-order valence-corrected chi connectivity index (χ1v) is 11.0. The zero-order valence-corrected chi connectivity index (χ0v) is 19.8. The smallest absolute Gasteiger partial charge is 0.335 e. The van der Waals surface area contributed by atoms with Crippen molar-refractivity contribution >= 4 is 23.6 Å². The van der Waals surface area contributed by atoms with E-state index in [0.717, 1.165) is 16.7 Å². The molecule has 0 heterocycles. The highest BCUT2D eigenvalue weighted by Gasteiger charge is 2.13. The molecule has 0 radical (unpaired) electrons. The lowest BCUT2D eigenvalue weighted by Gasteiger charge is -2.13. The molecule has 0 saturated heterocycles. The van der Waals surface area contributed by atoms with Crippen molar-refractivity contribution < 1.29 is 24.2 Å². The molecule has 7 nitrogen and oxygen atoms in total. The van der Waals surface area contributed by atoms with Crippen molar-refractivity contribution in [1.82, 2.24) is 0 Å². The molecule has 0 aliphatic carbocycles. The molecular weight excluding hydrogens is 444 g/mol. The molecule has 35 heavy (non-hydrogen) atoms. The van der Waals surface area contributed by atoms with E-state index in [4.69, 9.17) is 14.6 Å². The summed E-state index contributed by atoms with van der Waals surface area (Å²) in [5.74, 6) is -0.524. The third-order valence-corrected chi connectivity index (χ3v) is 5.39. The van der Waals surface area contributed by atoms with Crippen molar-refractivity contribution in [2.75, 3.05) is 11.9 Å². The minimum Gasteiger partial charge on any atom is -0.490 e. The number of aromatic carboxylic acids is 1. The molecule has 0 aromatic heterocycles.